The third-order valence-corrected chi connectivity index (χ3v) is 3.39. The van der Waals surface area contributed by atoms with Crippen molar-refractivity contribution in [2.45, 2.75) is 19.9 Å². The maximum Gasteiger partial charge on any atom is 0.316 e. The average Bonchev–Trinajstić information content (AvgIpc) is 2.47. The molecule has 0 aliphatic heterocycles. The zero-order valence-corrected chi connectivity index (χ0v) is 12.6. The Kier molecular flexibility index (Phi) is 4.78. The molecule has 5 nitrogen and oxygen atoms in total. The van der Waals surface area contributed by atoms with E-state index in [1.54, 1.807) is 24.3 Å². The largest absolute Gasteiger partial charge is 0.351 e. The minimum absolute atomic E-state index is 0.110. The molecule has 0 aromatic heterocycles. The maximum atomic E-state index is 12.3. The predicted octanol–water partition coefficient (Wildman–Crippen LogP) is 2.98. The van der Waals surface area contributed by atoms with Crippen molar-refractivity contribution in [1.82, 2.24) is 5.32 Å². The average molecular weight is 297 g/mol. The molecular formula is C17H19N3O2. The molecule has 22 heavy (non-hydrogen) atoms. The van der Waals surface area contributed by atoms with Crippen LogP contribution in [0.2, 0.25) is 0 Å². The zero-order valence-electron chi connectivity index (χ0n) is 12.6. The molecule has 2 rings (SSSR count). The summed E-state index contributed by atoms with van der Waals surface area (Å²) in [6, 6.07) is 13.8. The van der Waals surface area contributed by atoms with Crippen LogP contribution in [0.5, 0.6) is 0 Å². The monoisotopic (exact) mass is 297 g/mol. The van der Waals surface area contributed by atoms with Crippen molar-refractivity contribution in [2.75, 3.05) is 5.32 Å². The number of primary amides is 1. The Hall–Kier alpha value is -2.82. The number of aryl methyl sites for hydroxylation is 1. The SMILES string of the molecule is Cc1ccccc1C(C)NC(=O)c1cccc(NC(N)=O)c1. The summed E-state index contributed by atoms with van der Waals surface area (Å²) in [4.78, 5) is 23.2. The summed E-state index contributed by atoms with van der Waals surface area (Å²) in [5.41, 5.74) is 8.22. The van der Waals surface area contributed by atoms with Crippen LogP contribution in [-0.2, 0) is 0 Å². The molecule has 1 atom stereocenters. The van der Waals surface area contributed by atoms with Gasteiger partial charge in [-0.2, -0.15) is 0 Å². The standard InChI is InChI=1S/C17H19N3O2/c1-11-6-3-4-9-15(11)12(2)19-16(21)13-7-5-8-14(10-13)20-17(18)22/h3-10,12H,1-2H3,(H,19,21)(H3,18,20,22). The second-order valence-electron chi connectivity index (χ2n) is 5.12. The van der Waals surface area contributed by atoms with Gasteiger partial charge in [-0.15, -0.1) is 0 Å². The highest BCUT2D eigenvalue weighted by molar-refractivity contribution is 5.96. The highest BCUT2D eigenvalue weighted by Crippen LogP contribution is 2.18. The lowest BCUT2D eigenvalue weighted by molar-refractivity contribution is 0.0940. The first kappa shape index (κ1) is 15.6. The van der Waals surface area contributed by atoms with E-state index >= 15 is 0 Å². The van der Waals surface area contributed by atoms with E-state index in [-0.39, 0.29) is 11.9 Å². The van der Waals surface area contributed by atoms with E-state index in [4.69, 9.17) is 5.73 Å². The molecule has 2 aromatic carbocycles. The van der Waals surface area contributed by atoms with Gasteiger partial charge in [0.1, 0.15) is 0 Å². The Labute approximate surface area is 129 Å². The van der Waals surface area contributed by atoms with Gasteiger partial charge in [0.05, 0.1) is 6.04 Å². The molecule has 0 bridgehead atoms. The summed E-state index contributed by atoms with van der Waals surface area (Å²) in [6.07, 6.45) is 0. The van der Waals surface area contributed by atoms with E-state index in [9.17, 15) is 9.59 Å². The van der Waals surface area contributed by atoms with Gasteiger partial charge in [-0.25, -0.2) is 4.79 Å². The molecule has 114 valence electrons. The lowest BCUT2D eigenvalue weighted by Crippen LogP contribution is -2.27. The predicted molar refractivity (Wildman–Crippen MR) is 86.7 cm³/mol. The second kappa shape index (κ2) is 6.76. The molecule has 4 N–H and O–H groups in total. The van der Waals surface area contributed by atoms with Gasteiger partial charge in [-0.1, -0.05) is 30.3 Å². The number of carbonyl (C=O) groups is 2. The van der Waals surface area contributed by atoms with E-state index in [0.29, 0.717) is 11.3 Å². The molecule has 1 unspecified atom stereocenters. The van der Waals surface area contributed by atoms with Crippen LogP contribution in [-0.4, -0.2) is 11.9 Å². The lowest BCUT2D eigenvalue weighted by atomic mass is 10.0. The van der Waals surface area contributed by atoms with Crippen LogP contribution in [0.15, 0.2) is 48.5 Å². The molecule has 0 saturated carbocycles. The fraction of sp³-hybridized carbons (Fsp3) is 0.176. The van der Waals surface area contributed by atoms with Gasteiger partial charge < -0.3 is 16.4 Å². The van der Waals surface area contributed by atoms with E-state index < -0.39 is 6.03 Å². The minimum Gasteiger partial charge on any atom is -0.351 e. The Morgan fingerprint density at radius 3 is 2.50 bits per heavy atom. The highest BCUT2D eigenvalue weighted by Gasteiger charge is 2.13. The van der Waals surface area contributed by atoms with Gasteiger partial charge in [-0.05, 0) is 43.2 Å². The molecule has 0 fully saturated rings. The number of rotatable bonds is 4. The molecule has 0 aliphatic carbocycles. The first-order valence-electron chi connectivity index (χ1n) is 7.00. The van der Waals surface area contributed by atoms with Crippen molar-refractivity contribution in [3.63, 3.8) is 0 Å². The van der Waals surface area contributed by atoms with Crippen molar-refractivity contribution in [1.29, 1.82) is 0 Å². The molecule has 2 aromatic rings. The summed E-state index contributed by atoms with van der Waals surface area (Å²) >= 11 is 0. The van der Waals surface area contributed by atoms with Crippen LogP contribution in [0, 0.1) is 6.92 Å². The minimum atomic E-state index is -0.661. The van der Waals surface area contributed by atoms with Crippen molar-refractivity contribution in [3.8, 4) is 0 Å². The molecule has 0 aliphatic rings. The molecule has 5 heteroatoms. The molecule has 3 amide bonds. The van der Waals surface area contributed by atoms with Crippen LogP contribution >= 0.6 is 0 Å². The van der Waals surface area contributed by atoms with E-state index in [2.05, 4.69) is 10.6 Å². The van der Waals surface area contributed by atoms with Gasteiger partial charge in [-0.3, -0.25) is 4.79 Å². The summed E-state index contributed by atoms with van der Waals surface area (Å²) in [5.74, 6) is -0.205. The number of carbonyl (C=O) groups excluding carboxylic acids is 2. The van der Waals surface area contributed by atoms with E-state index in [1.807, 2.05) is 38.1 Å². The van der Waals surface area contributed by atoms with Crippen molar-refractivity contribution in [2.24, 2.45) is 5.73 Å². The third kappa shape index (κ3) is 3.85. The molecule has 0 heterocycles. The summed E-state index contributed by atoms with van der Waals surface area (Å²) in [7, 11) is 0. The number of benzene rings is 2. The molecule has 0 radical (unpaired) electrons. The topological polar surface area (TPSA) is 84.2 Å². The van der Waals surface area contributed by atoms with E-state index in [1.165, 1.54) is 0 Å². The van der Waals surface area contributed by atoms with Crippen LogP contribution < -0.4 is 16.4 Å². The third-order valence-electron chi connectivity index (χ3n) is 3.39. The highest BCUT2D eigenvalue weighted by atomic mass is 16.2. The molecule has 0 spiro atoms. The van der Waals surface area contributed by atoms with Crippen LogP contribution in [0.4, 0.5) is 10.5 Å². The maximum absolute atomic E-state index is 12.3. The fourth-order valence-corrected chi connectivity index (χ4v) is 2.31. The van der Waals surface area contributed by atoms with Gasteiger partial charge in [0, 0.05) is 11.3 Å². The fourth-order valence-electron chi connectivity index (χ4n) is 2.31. The van der Waals surface area contributed by atoms with Gasteiger partial charge in [0.15, 0.2) is 0 Å². The number of hydrogen-bond donors (Lipinski definition) is 3. The Morgan fingerprint density at radius 1 is 1.09 bits per heavy atom. The van der Waals surface area contributed by atoms with Gasteiger partial charge >= 0.3 is 6.03 Å². The quantitative estimate of drug-likeness (QED) is 0.810. The molecular weight excluding hydrogens is 278 g/mol. The number of urea groups is 1. The number of nitrogens with two attached hydrogens (primary N) is 1. The summed E-state index contributed by atoms with van der Waals surface area (Å²) in [5, 5.41) is 5.40. The summed E-state index contributed by atoms with van der Waals surface area (Å²) < 4.78 is 0. The Morgan fingerprint density at radius 2 is 1.82 bits per heavy atom. The van der Waals surface area contributed by atoms with Crippen LogP contribution in [0.25, 0.3) is 0 Å². The molecule has 0 saturated heterocycles. The van der Waals surface area contributed by atoms with Gasteiger partial charge in [0.25, 0.3) is 5.91 Å². The van der Waals surface area contributed by atoms with Crippen molar-refractivity contribution >= 4 is 17.6 Å². The van der Waals surface area contributed by atoms with E-state index in [0.717, 1.165) is 11.1 Å². The summed E-state index contributed by atoms with van der Waals surface area (Å²) in [6.45, 7) is 3.95. The number of anilines is 1. The zero-order chi connectivity index (χ0) is 16.1. The number of hydrogen-bond acceptors (Lipinski definition) is 2. The first-order chi connectivity index (χ1) is 10.5. The van der Waals surface area contributed by atoms with Crippen molar-refractivity contribution in [3.05, 3.63) is 65.2 Å². The first-order valence-corrected chi connectivity index (χ1v) is 7.00. The smallest absolute Gasteiger partial charge is 0.316 e. The van der Waals surface area contributed by atoms with Crippen LogP contribution in [0.3, 0.4) is 0 Å². The van der Waals surface area contributed by atoms with Gasteiger partial charge in [0.2, 0.25) is 0 Å². The number of nitrogens with one attached hydrogen (secondary N) is 2. The normalized spacial score (nSPS) is 11.5. The Balaban J connectivity index is 2.12. The number of amides is 3. The van der Waals surface area contributed by atoms with Crippen molar-refractivity contribution < 1.29 is 9.59 Å². The second-order valence-corrected chi connectivity index (χ2v) is 5.12. The lowest BCUT2D eigenvalue weighted by Gasteiger charge is -2.17. The van der Waals surface area contributed by atoms with Crippen LogP contribution in [0.1, 0.15) is 34.5 Å². The Bertz CT molecular complexity index is 698.